The number of hydrogen-bond donors (Lipinski definition) is 1. The number of aryl methyl sites for hydroxylation is 1. The minimum atomic E-state index is 0.150. The first-order valence-electron chi connectivity index (χ1n) is 6.34. The molecule has 98 valence electrons. The maximum Gasteiger partial charge on any atom is 0.123 e. The molecule has 4 heteroatoms. The van der Waals surface area contributed by atoms with Crippen LogP contribution in [0.1, 0.15) is 16.8 Å². The third-order valence-corrected chi connectivity index (χ3v) is 3.65. The molecule has 1 aliphatic heterocycles. The van der Waals surface area contributed by atoms with E-state index in [4.69, 9.17) is 22.7 Å². The molecule has 0 saturated heterocycles. The number of nitrogens with two attached hydrogens (primary N) is 1. The van der Waals surface area contributed by atoms with Gasteiger partial charge in [0.25, 0.3) is 0 Å². The maximum absolute atomic E-state index is 5.97. The molecule has 1 atom stereocenters. The fourth-order valence-corrected chi connectivity index (χ4v) is 2.75. The van der Waals surface area contributed by atoms with Gasteiger partial charge in [-0.15, -0.1) is 0 Å². The molecule has 1 aliphatic rings. The van der Waals surface area contributed by atoms with E-state index in [9.17, 15) is 0 Å². The molecule has 1 unspecified atom stereocenters. The second kappa shape index (κ2) is 4.70. The van der Waals surface area contributed by atoms with Gasteiger partial charge in [-0.3, -0.25) is 0 Å². The second-order valence-electron chi connectivity index (χ2n) is 4.97. The van der Waals surface area contributed by atoms with E-state index in [2.05, 4.69) is 29.7 Å². The number of rotatable bonds is 3. The topological polar surface area (TPSA) is 40.2 Å². The van der Waals surface area contributed by atoms with Crippen molar-refractivity contribution in [1.82, 2.24) is 4.57 Å². The SMILES string of the molecule is Cc1ccc2c(c1)CC(Cn1cccc1C(N)=S)O2. The molecule has 2 heterocycles. The van der Waals surface area contributed by atoms with Crippen LogP contribution in [0.4, 0.5) is 0 Å². The van der Waals surface area contributed by atoms with Crippen molar-refractivity contribution in [3.63, 3.8) is 0 Å². The zero-order chi connectivity index (χ0) is 13.4. The molecule has 2 N–H and O–H groups in total. The van der Waals surface area contributed by atoms with Gasteiger partial charge in [-0.25, -0.2) is 0 Å². The van der Waals surface area contributed by atoms with E-state index in [0.29, 0.717) is 4.99 Å². The van der Waals surface area contributed by atoms with Crippen LogP contribution in [0.5, 0.6) is 5.75 Å². The highest BCUT2D eigenvalue weighted by molar-refractivity contribution is 7.80. The number of aromatic nitrogens is 1. The number of thiocarbonyl (C=S) groups is 1. The van der Waals surface area contributed by atoms with E-state index in [1.807, 2.05) is 18.3 Å². The molecule has 0 amide bonds. The Kier molecular flexibility index (Phi) is 3.03. The van der Waals surface area contributed by atoms with Gasteiger partial charge in [-0.05, 0) is 30.7 Å². The highest BCUT2D eigenvalue weighted by Gasteiger charge is 2.23. The molecular formula is C15H16N2OS. The summed E-state index contributed by atoms with van der Waals surface area (Å²) >= 11 is 5.05. The molecule has 0 saturated carbocycles. The van der Waals surface area contributed by atoms with Gasteiger partial charge in [0.1, 0.15) is 16.8 Å². The van der Waals surface area contributed by atoms with Crippen molar-refractivity contribution in [2.45, 2.75) is 26.0 Å². The normalized spacial score (nSPS) is 17.0. The number of hydrogen-bond acceptors (Lipinski definition) is 2. The molecule has 1 aromatic heterocycles. The van der Waals surface area contributed by atoms with Gasteiger partial charge < -0.3 is 15.0 Å². The lowest BCUT2D eigenvalue weighted by Gasteiger charge is -2.14. The molecule has 0 bridgehead atoms. The standard InChI is InChI=1S/C15H16N2OS/c1-10-4-5-14-11(7-10)8-12(18-14)9-17-6-2-3-13(17)15(16)19/h2-7,12H,8-9H2,1H3,(H2,16,19). The molecular weight excluding hydrogens is 256 g/mol. The van der Waals surface area contributed by atoms with Crippen LogP contribution >= 0.6 is 12.2 Å². The van der Waals surface area contributed by atoms with Crippen LogP contribution in [0.3, 0.4) is 0 Å². The Morgan fingerprint density at radius 2 is 2.32 bits per heavy atom. The van der Waals surface area contributed by atoms with Crippen LogP contribution in [0.2, 0.25) is 0 Å². The highest BCUT2D eigenvalue weighted by atomic mass is 32.1. The van der Waals surface area contributed by atoms with Crippen molar-refractivity contribution >= 4 is 17.2 Å². The molecule has 0 aliphatic carbocycles. The summed E-state index contributed by atoms with van der Waals surface area (Å²) in [4.78, 5) is 0.427. The van der Waals surface area contributed by atoms with Gasteiger partial charge in [-0.1, -0.05) is 29.9 Å². The fourth-order valence-electron chi connectivity index (χ4n) is 2.57. The number of benzene rings is 1. The van der Waals surface area contributed by atoms with Gasteiger partial charge in [-0.2, -0.15) is 0 Å². The lowest BCUT2D eigenvalue weighted by molar-refractivity contribution is 0.209. The Bertz CT molecular complexity index is 633. The summed E-state index contributed by atoms with van der Waals surface area (Å²) in [7, 11) is 0. The lowest BCUT2D eigenvalue weighted by Crippen LogP contribution is -2.24. The Morgan fingerprint density at radius 1 is 1.47 bits per heavy atom. The van der Waals surface area contributed by atoms with E-state index in [1.54, 1.807) is 0 Å². The average molecular weight is 272 g/mol. The minimum absolute atomic E-state index is 0.150. The van der Waals surface area contributed by atoms with Crippen molar-refractivity contribution in [2.75, 3.05) is 0 Å². The molecule has 3 rings (SSSR count). The van der Waals surface area contributed by atoms with E-state index < -0.39 is 0 Å². The first-order chi connectivity index (χ1) is 9.13. The lowest BCUT2D eigenvalue weighted by atomic mass is 10.1. The minimum Gasteiger partial charge on any atom is -0.488 e. The Balaban J connectivity index is 1.77. The van der Waals surface area contributed by atoms with Crippen molar-refractivity contribution in [3.05, 3.63) is 53.3 Å². The molecule has 0 fully saturated rings. The zero-order valence-electron chi connectivity index (χ0n) is 10.8. The third kappa shape index (κ3) is 2.36. The van der Waals surface area contributed by atoms with Gasteiger partial charge >= 0.3 is 0 Å². The van der Waals surface area contributed by atoms with Gasteiger partial charge in [0.15, 0.2) is 0 Å². The molecule has 0 radical (unpaired) electrons. The largest absolute Gasteiger partial charge is 0.488 e. The summed E-state index contributed by atoms with van der Waals surface area (Å²) in [5, 5.41) is 0. The van der Waals surface area contributed by atoms with Crippen molar-refractivity contribution < 1.29 is 4.74 Å². The summed E-state index contributed by atoms with van der Waals surface area (Å²) < 4.78 is 8.03. The van der Waals surface area contributed by atoms with Crippen LogP contribution in [0, 0.1) is 6.92 Å². The number of ether oxygens (including phenoxy) is 1. The quantitative estimate of drug-likeness (QED) is 0.872. The van der Waals surface area contributed by atoms with E-state index >= 15 is 0 Å². The van der Waals surface area contributed by atoms with E-state index in [0.717, 1.165) is 24.4 Å². The van der Waals surface area contributed by atoms with E-state index in [-0.39, 0.29) is 6.10 Å². The zero-order valence-corrected chi connectivity index (χ0v) is 11.6. The van der Waals surface area contributed by atoms with Crippen molar-refractivity contribution in [3.8, 4) is 5.75 Å². The predicted molar refractivity (Wildman–Crippen MR) is 79.6 cm³/mol. The summed E-state index contributed by atoms with van der Waals surface area (Å²) in [5.41, 5.74) is 9.16. The van der Waals surface area contributed by atoms with Crippen molar-refractivity contribution in [2.24, 2.45) is 5.73 Å². The van der Waals surface area contributed by atoms with Crippen LogP contribution in [-0.2, 0) is 13.0 Å². The van der Waals surface area contributed by atoms with Gasteiger partial charge in [0.2, 0.25) is 0 Å². The molecule has 19 heavy (non-hydrogen) atoms. The van der Waals surface area contributed by atoms with Gasteiger partial charge in [0.05, 0.1) is 12.2 Å². The molecule has 2 aromatic rings. The van der Waals surface area contributed by atoms with Crippen LogP contribution < -0.4 is 10.5 Å². The number of nitrogens with zero attached hydrogens (tertiary/aromatic N) is 1. The van der Waals surface area contributed by atoms with Crippen molar-refractivity contribution in [1.29, 1.82) is 0 Å². The third-order valence-electron chi connectivity index (χ3n) is 3.44. The fraction of sp³-hybridized carbons (Fsp3) is 0.267. The second-order valence-corrected chi connectivity index (χ2v) is 5.41. The summed E-state index contributed by atoms with van der Waals surface area (Å²) in [6, 6.07) is 10.2. The van der Waals surface area contributed by atoms with Crippen LogP contribution in [0.15, 0.2) is 36.5 Å². The first kappa shape index (κ1) is 12.2. The average Bonchev–Trinajstić information content (AvgIpc) is 2.95. The molecule has 3 nitrogen and oxygen atoms in total. The number of fused-ring (bicyclic) bond motifs is 1. The van der Waals surface area contributed by atoms with E-state index in [1.165, 1.54) is 11.1 Å². The first-order valence-corrected chi connectivity index (χ1v) is 6.75. The Morgan fingerprint density at radius 3 is 3.11 bits per heavy atom. The summed E-state index contributed by atoms with van der Waals surface area (Å²) in [5.74, 6) is 1.000. The molecule has 0 spiro atoms. The van der Waals surface area contributed by atoms with Crippen LogP contribution in [-0.4, -0.2) is 15.7 Å². The Labute approximate surface area is 118 Å². The summed E-state index contributed by atoms with van der Waals surface area (Å²) in [6.07, 6.45) is 3.08. The van der Waals surface area contributed by atoms with Crippen LogP contribution in [0.25, 0.3) is 0 Å². The van der Waals surface area contributed by atoms with Gasteiger partial charge in [0, 0.05) is 12.6 Å². The smallest absolute Gasteiger partial charge is 0.123 e. The highest BCUT2D eigenvalue weighted by Crippen LogP contribution is 2.30. The molecule has 1 aromatic carbocycles. The monoisotopic (exact) mass is 272 g/mol. The summed E-state index contributed by atoms with van der Waals surface area (Å²) in [6.45, 7) is 2.87. The maximum atomic E-state index is 5.97. The Hall–Kier alpha value is -1.81. The predicted octanol–water partition coefficient (Wildman–Crippen LogP) is 2.43.